The van der Waals surface area contributed by atoms with E-state index >= 15 is 0 Å². The van der Waals surface area contributed by atoms with Gasteiger partial charge >= 0.3 is 0 Å². The van der Waals surface area contributed by atoms with Crippen molar-refractivity contribution in [2.24, 2.45) is 0 Å². The summed E-state index contributed by atoms with van der Waals surface area (Å²) in [6.45, 7) is 7.30. The van der Waals surface area contributed by atoms with Crippen LogP contribution in [0.2, 0.25) is 0 Å². The Bertz CT molecular complexity index is 328. The van der Waals surface area contributed by atoms with Crippen LogP contribution >= 0.6 is 0 Å². The van der Waals surface area contributed by atoms with Crippen LogP contribution in [0.3, 0.4) is 0 Å². The minimum atomic E-state index is -0.296. The summed E-state index contributed by atoms with van der Waals surface area (Å²) in [4.78, 5) is 27.2. The predicted molar refractivity (Wildman–Crippen MR) is 69.1 cm³/mol. The Balaban J connectivity index is 1.73. The smallest absolute Gasteiger partial charge is 0.246 e. The molecule has 0 bridgehead atoms. The van der Waals surface area contributed by atoms with Crippen molar-refractivity contribution in [3.05, 3.63) is 0 Å². The van der Waals surface area contributed by atoms with Crippen molar-refractivity contribution < 1.29 is 9.59 Å². The monoisotopic (exact) mass is 253 g/mol. The van der Waals surface area contributed by atoms with E-state index in [1.807, 2.05) is 6.92 Å². The minimum Gasteiger partial charge on any atom is -0.304 e. The van der Waals surface area contributed by atoms with Gasteiger partial charge in [0.05, 0.1) is 12.5 Å². The predicted octanol–water partition coefficient (Wildman–Crippen LogP) is 0.208. The van der Waals surface area contributed by atoms with Crippen molar-refractivity contribution >= 4 is 11.8 Å². The maximum Gasteiger partial charge on any atom is 0.246 e. The molecule has 1 heterocycles. The van der Waals surface area contributed by atoms with Crippen molar-refractivity contribution in [1.82, 2.24) is 15.1 Å². The molecule has 1 unspecified atom stereocenters. The fourth-order valence-corrected chi connectivity index (χ4v) is 2.60. The Kier molecular flexibility index (Phi) is 4.35. The van der Waals surface area contributed by atoms with Crippen LogP contribution in [0.5, 0.6) is 0 Å². The molecule has 1 atom stereocenters. The summed E-state index contributed by atoms with van der Waals surface area (Å²) in [6.07, 6.45) is 2.93. The number of nitrogens with zero attached hydrogens (tertiary/aromatic N) is 2. The number of hydrogen-bond acceptors (Lipinski definition) is 4. The van der Waals surface area contributed by atoms with Gasteiger partial charge in [0.25, 0.3) is 0 Å². The first-order valence-corrected chi connectivity index (χ1v) is 6.99. The van der Waals surface area contributed by atoms with Gasteiger partial charge in [0, 0.05) is 25.7 Å². The number of amides is 2. The first-order chi connectivity index (χ1) is 8.67. The van der Waals surface area contributed by atoms with Gasteiger partial charge in [0.15, 0.2) is 0 Å². The SMILES string of the molecule is CCN1C(=O)CC(NCCN(CC)C2CC2)C1=O. The van der Waals surface area contributed by atoms with E-state index in [0.717, 1.165) is 25.7 Å². The molecule has 1 saturated heterocycles. The maximum absolute atomic E-state index is 11.9. The molecule has 0 aromatic heterocycles. The number of rotatable bonds is 7. The molecule has 1 aliphatic carbocycles. The topological polar surface area (TPSA) is 52.7 Å². The summed E-state index contributed by atoms with van der Waals surface area (Å²) in [7, 11) is 0. The van der Waals surface area contributed by atoms with Crippen molar-refractivity contribution in [1.29, 1.82) is 0 Å². The molecule has 2 fully saturated rings. The molecular weight excluding hydrogens is 230 g/mol. The number of imide groups is 1. The molecule has 2 aliphatic rings. The van der Waals surface area contributed by atoms with Crippen molar-refractivity contribution in [2.75, 3.05) is 26.2 Å². The highest BCUT2D eigenvalue weighted by Gasteiger charge is 2.37. The van der Waals surface area contributed by atoms with E-state index in [4.69, 9.17) is 0 Å². The van der Waals surface area contributed by atoms with Gasteiger partial charge in [-0.2, -0.15) is 0 Å². The summed E-state index contributed by atoms with van der Waals surface area (Å²) in [5, 5.41) is 3.22. The zero-order chi connectivity index (χ0) is 13.1. The second-order valence-corrected chi connectivity index (χ2v) is 5.05. The van der Waals surface area contributed by atoms with Crippen LogP contribution < -0.4 is 5.32 Å². The van der Waals surface area contributed by atoms with Crippen LogP contribution in [-0.2, 0) is 9.59 Å². The molecule has 2 amide bonds. The highest BCUT2D eigenvalue weighted by atomic mass is 16.2. The van der Waals surface area contributed by atoms with Crippen LogP contribution in [0.15, 0.2) is 0 Å². The summed E-state index contributed by atoms with van der Waals surface area (Å²) in [6, 6.07) is 0.459. The number of hydrogen-bond donors (Lipinski definition) is 1. The molecule has 0 radical (unpaired) electrons. The van der Waals surface area contributed by atoms with Gasteiger partial charge in [-0.3, -0.25) is 19.4 Å². The van der Waals surface area contributed by atoms with Gasteiger partial charge in [0.2, 0.25) is 11.8 Å². The van der Waals surface area contributed by atoms with Gasteiger partial charge in [-0.15, -0.1) is 0 Å². The quantitative estimate of drug-likeness (QED) is 0.659. The molecular formula is C13H23N3O2. The third-order valence-corrected chi connectivity index (χ3v) is 3.82. The normalized spacial score (nSPS) is 24.4. The average Bonchev–Trinajstić information content (AvgIpc) is 3.14. The van der Waals surface area contributed by atoms with E-state index in [-0.39, 0.29) is 17.9 Å². The summed E-state index contributed by atoms with van der Waals surface area (Å²) in [5.41, 5.74) is 0. The molecule has 1 saturated carbocycles. The molecule has 5 nitrogen and oxygen atoms in total. The Labute approximate surface area is 108 Å². The largest absolute Gasteiger partial charge is 0.304 e. The second kappa shape index (κ2) is 5.80. The number of likely N-dealkylation sites (N-methyl/N-ethyl adjacent to an activating group) is 2. The average molecular weight is 253 g/mol. The van der Waals surface area contributed by atoms with Crippen LogP contribution in [0.25, 0.3) is 0 Å². The number of carbonyl (C=O) groups is 2. The lowest BCUT2D eigenvalue weighted by Gasteiger charge is -2.21. The summed E-state index contributed by atoms with van der Waals surface area (Å²) >= 11 is 0. The van der Waals surface area contributed by atoms with E-state index in [1.54, 1.807) is 0 Å². The van der Waals surface area contributed by atoms with Crippen LogP contribution in [0, 0.1) is 0 Å². The van der Waals surface area contributed by atoms with Gasteiger partial charge in [0.1, 0.15) is 0 Å². The van der Waals surface area contributed by atoms with Crippen molar-refractivity contribution in [3.8, 4) is 0 Å². The van der Waals surface area contributed by atoms with Crippen LogP contribution in [0.1, 0.15) is 33.1 Å². The highest BCUT2D eigenvalue weighted by Crippen LogP contribution is 2.25. The molecule has 5 heteroatoms. The van der Waals surface area contributed by atoms with E-state index in [9.17, 15) is 9.59 Å². The molecule has 1 N–H and O–H groups in total. The van der Waals surface area contributed by atoms with Gasteiger partial charge in [-0.25, -0.2) is 0 Å². The highest BCUT2D eigenvalue weighted by molar-refractivity contribution is 6.05. The molecule has 18 heavy (non-hydrogen) atoms. The zero-order valence-electron chi connectivity index (χ0n) is 11.3. The van der Waals surface area contributed by atoms with E-state index < -0.39 is 0 Å². The number of likely N-dealkylation sites (tertiary alicyclic amines) is 1. The zero-order valence-corrected chi connectivity index (χ0v) is 11.3. The fraction of sp³-hybridized carbons (Fsp3) is 0.846. The van der Waals surface area contributed by atoms with E-state index in [0.29, 0.717) is 13.0 Å². The van der Waals surface area contributed by atoms with Crippen LogP contribution in [0.4, 0.5) is 0 Å². The third-order valence-electron chi connectivity index (χ3n) is 3.82. The number of carbonyl (C=O) groups excluding carboxylic acids is 2. The van der Waals surface area contributed by atoms with Crippen molar-refractivity contribution in [3.63, 3.8) is 0 Å². The maximum atomic E-state index is 11.9. The standard InChI is InChI=1S/C13H23N3O2/c1-3-15(10-5-6-10)8-7-14-11-9-12(17)16(4-2)13(11)18/h10-11,14H,3-9H2,1-2H3. The lowest BCUT2D eigenvalue weighted by molar-refractivity contribution is -0.138. The van der Waals surface area contributed by atoms with Gasteiger partial charge in [-0.05, 0) is 26.3 Å². The Morgan fingerprint density at radius 3 is 2.56 bits per heavy atom. The number of nitrogens with one attached hydrogen (secondary N) is 1. The van der Waals surface area contributed by atoms with Gasteiger partial charge < -0.3 is 5.32 Å². The van der Waals surface area contributed by atoms with Gasteiger partial charge in [-0.1, -0.05) is 6.92 Å². The van der Waals surface area contributed by atoms with E-state index in [1.165, 1.54) is 17.7 Å². The lowest BCUT2D eigenvalue weighted by atomic mass is 10.2. The molecule has 0 aromatic carbocycles. The molecule has 2 rings (SSSR count). The van der Waals surface area contributed by atoms with E-state index in [2.05, 4.69) is 17.1 Å². The van der Waals surface area contributed by atoms with Crippen LogP contribution in [-0.4, -0.2) is 59.9 Å². The molecule has 1 aliphatic heterocycles. The first kappa shape index (κ1) is 13.5. The fourth-order valence-electron chi connectivity index (χ4n) is 2.60. The Morgan fingerprint density at radius 2 is 2.06 bits per heavy atom. The molecule has 0 aromatic rings. The summed E-state index contributed by atoms with van der Waals surface area (Å²) < 4.78 is 0. The minimum absolute atomic E-state index is 0.0467. The lowest BCUT2D eigenvalue weighted by Crippen LogP contribution is -2.42. The first-order valence-electron chi connectivity index (χ1n) is 6.99. The summed E-state index contributed by atoms with van der Waals surface area (Å²) in [5.74, 6) is -0.105. The second-order valence-electron chi connectivity index (χ2n) is 5.05. The Hall–Kier alpha value is -0.940. The molecule has 102 valence electrons. The van der Waals surface area contributed by atoms with Crippen molar-refractivity contribution in [2.45, 2.75) is 45.2 Å². The molecule has 0 spiro atoms. The third kappa shape index (κ3) is 2.90. The Morgan fingerprint density at radius 1 is 1.33 bits per heavy atom.